The minimum absolute atomic E-state index is 0.247. The fourth-order valence-electron chi connectivity index (χ4n) is 2.84. The largest absolute Gasteiger partial charge is 0.355 e. The molecule has 1 amide bonds. The highest BCUT2D eigenvalue weighted by molar-refractivity contribution is 7.22. The van der Waals surface area contributed by atoms with Crippen LogP contribution in [0.4, 0.5) is 5.13 Å². The molecule has 0 aliphatic heterocycles. The predicted molar refractivity (Wildman–Crippen MR) is 117 cm³/mol. The van der Waals surface area contributed by atoms with Gasteiger partial charge in [0.25, 0.3) is 5.91 Å². The predicted octanol–water partition coefficient (Wildman–Crippen LogP) is 4.81. The van der Waals surface area contributed by atoms with Crippen LogP contribution in [0, 0.1) is 0 Å². The molecule has 0 unspecified atom stereocenters. The zero-order chi connectivity index (χ0) is 20.4. The molecular formula is C21H19ClN4O2S. The Bertz CT molecular complexity index is 1140. The van der Waals surface area contributed by atoms with Crippen molar-refractivity contribution >= 4 is 44.2 Å². The fourth-order valence-corrected chi connectivity index (χ4v) is 4.10. The molecule has 148 valence electrons. The van der Waals surface area contributed by atoms with Gasteiger partial charge in [-0.1, -0.05) is 58.4 Å². The van der Waals surface area contributed by atoms with Crippen LogP contribution in [0.3, 0.4) is 0 Å². The number of amides is 1. The van der Waals surface area contributed by atoms with Crippen molar-refractivity contribution in [2.45, 2.75) is 0 Å². The molecule has 0 radical (unpaired) electrons. The number of carbonyl (C=O) groups is 1. The van der Waals surface area contributed by atoms with E-state index >= 15 is 0 Å². The van der Waals surface area contributed by atoms with Crippen LogP contribution in [0.5, 0.6) is 0 Å². The number of likely N-dealkylation sites (N-methyl/N-ethyl adjacent to an activating group) is 1. The van der Waals surface area contributed by atoms with Gasteiger partial charge in [-0.05, 0) is 32.3 Å². The van der Waals surface area contributed by atoms with Crippen LogP contribution in [-0.2, 0) is 0 Å². The number of anilines is 1. The number of fused-ring (bicyclic) bond motifs is 1. The number of halogens is 1. The lowest BCUT2D eigenvalue weighted by Crippen LogP contribution is -2.36. The summed E-state index contributed by atoms with van der Waals surface area (Å²) in [6, 6.07) is 16.8. The quantitative estimate of drug-likeness (QED) is 0.442. The normalized spacial score (nSPS) is 11.3. The maximum Gasteiger partial charge on any atom is 0.282 e. The molecule has 0 saturated carbocycles. The summed E-state index contributed by atoms with van der Waals surface area (Å²) in [7, 11) is 3.93. The minimum Gasteiger partial charge on any atom is -0.355 e. The Hall–Kier alpha value is -2.74. The van der Waals surface area contributed by atoms with Gasteiger partial charge in [-0.2, -0.15) is 0 Å². The van der Waals surface area contributed by atoms with Gasteiger partial charge in [0.05, 0.1) is 10.2 Å². The monoisotopic (exact) mass is 426 g/mol. The first-order valence-corrected chi connectivity index (χ1v) is 10.3. The van der Waals surface area contributed by atoms with E-state index in [-0.39, 0.29) is 11.6 Å². The molecular weight excluding hydrogens is 408 g/mol. The molecule has 4 rings (SSSR count). The average molecular weight is 427 g/mol. The van der Waals surface area contributed by atoms with Gasteiger partial charge >= 0.3 is 0 Å². The van der Waals surface area contributed by atoms with Crippen molar-refractivity contribution < 1.29 is 9.32 Å². The molecule has 0 aliphatic carbocycles. The number of rotatable bonds is 6. The number of hydrogen-bond donors (Lipinski definition) is 0. The summed E-state index contributed by atoms with van der Waals surface area (Å²) < 4.78 is 6.35. The molecule has 0 saturated heterocycles. The molecule has 2 aromatic heterocycles. The van der Waals surface area contributed by atoms with E-state index in [2.05, 4.69) is 10.1 Å². The number of nitrogens with zero attached hydrogens (tertiary/aromatic N) is 4. The number of benzene rings is 2. The van der Waals surface area contributed by atoms with Crippen molar-refractivity contribution in [1.29, 1.82) is 0 Å². The van der Waals surface area contributed by atoms with E-state index in [1.807, 2.05) is 61.5 Å². The lowest BCUT2D eigenvalue weighted by Gasteiger charge is -2.20. The zero-order valence-corrected chi connectivity index (χ0v) is 17.6. The number of thiazole rings is 1. The third-order valence-electron chi connectivity index (χ3n) is 4.37. The van der Waals surface area contributed by atoms with Crippen LogP contribution in [0.25, 0.3) is 21.5 Å². The average Bonchev–Trinajstić information content (AvgIpc) is 3.35. The van der Waals surface area contributed by atoms with Crippen molar-refractivity contribution in [3.05, 3.63) is 65.3 Å². The Labute approximate surface area is 177 Å². The number of hydrogen-bond acceptors (Lipinski definition) is 6. The van der Waals surface area contributed by atoms with Crippen LogP contribution < -0.4 is 4.90 Å². The number of carbonyl (C=O) groups excluding carboxylic acids is 1. The summed E-state index contributed by atoms with van der Waals surface area (Å²) in [6.45, 7) is 1.17. The summed E-state index contributed by atoms with van der Waals surface area (Å²) >= 11 is 7.53. The lowest BCUT2D eigenvalue weighted by molar-refractivity contribution is 0.0976. The second kappa shape index (κ2) is 8.32. The Kier molecular flexibility index (Phi) is 5.62. The molecule has 0 fully saturated rings. The van der Waals surface area contributed by atoms with Gasteiger partial charge in [0.1, 0.15) is 0 Å². The van der Waals surface area contributed by atoms with E-state index in [1.54, 1.807) is 17.0 Å². The molecule has 2 aromatic carbocycles. The van der Waals surface area contributed by atoms with Gasteiger partial charge in [-0.3, -0.25) is 9.69 Å². The Morgan fingerprint density at radius 1 is 1.10 bits per heavy atom. The fraction of sp³-hybridized carbons (Fsp3) is 0.190. The van der Waals surface area contributed by atoms with Gasteiger partial charge in [-0.15, -0.1) is 0 Å². The highest BCUT2D eigenvalue weighted by Gasteiger charge is 2.24. The Morgan fingerprint density at radius 2 is 1.90 bits per heavy atom. The topological polar surface area (TPSA) is 62.5 Å². The molecule has 8 heteroatoms. The standard InChI is InChI=1S/C21H19ClN4O2S/c1-25(2)10-11-26(21-23-16-9-8-15(22)12-19(16)29-21)20(27)17-13-18(28-24-17)14-6-4-3-5-7-14/h3-9,12-13H,10-11H2,1-2H3. The van der Waals surface area contributed by atoms with Crippen molar-refractivity contribution in [2.24, 2.45) is 0 Å². The highest BCUT2D eigenvalue weighted by Crippen LogP contribution is 2.32. The van der Waals surface area contributed by atoms with Gasteiger partial charge in [0.2, 0.25) is 0 Å². The summed E-state index contributed by atoms with van der Waals surface area (Å²) in [5, 5.41) is 5.26. The summed E-state index contributed by atoms with van der Waals surface area (Å²) in [5.74, 6) is 0.306. The minimum atomic E-state index is -0.247. The Morgan fingerprint density at radius 3 is 2.66 bits per heavy atom. The highest BCUT2D eigenvalue weighted by atomic mass is 35.5. The van der Waals surface area contributed by atoms with Gasteiger partial charge in [-0.25, -0.2) is 4.98 Å². The molecule has 4 aromatic rings. The van der Waals surface area contributed by atoms with E-state index in [4.69, 9.17) is 16.1 Å². The van der Waals surface area contributed by atoms with Crippen LogP contribution in [0.15, 0.2) is 59.1 Å². The Balaban J connectivity index is 1.67. The first-order chi connectivity index (χ1) is 14.0. The molecule has 2 heterocycles. The zero-order valence-electron chi connectivity index (χ0n) is 16.0. The van der Waals surface area contributed by atoms with Gasteiger partial charge in [0.15, 0.2) is 16.6 Å². The van der Waals surface area contributed by atoms with E-state index in [0.29, 0.717) is 29.0 Å². The summed E-state index contributed by atoms with van der Waals surface area (Å²) in [4.78, 5) is 21.6. The molecule has 0 spiro atoms. The first-order valence-electron chi connectivity index (χ1n) is 9.06. The van der Waals surface area contributed by atoms with E-state index < -0.39 is 0 Å². The molecule has 29 heavy (non-hydrogen) atoms. The van der Waals surface area contributed by atoms with E-state index in [9.17, 15) is 4.79 Å². The smallest absolute Gasteiger partial charge is 0.282 e. The molecule has 0 atom stereocenters. The van der Waals surface area contributed by atoms with Gasteiger partial charge < -0.3 is 9.42 Å². The lowest BCUT2D eigenvalue weighted by atomic mass is 10.1. The summed E-state index contributed by atoms with van der Waals surface area (Å²) in [5.41, 5.74) is 1.93. The second-order valence-corrected chi connectivity index (χ2v) is 8.26. The van der Waals surface area contributed by atoms with Crippen LogP contribution in [-0.4, -0.2) is 48.1 Å². The van der Waals surface area contributed by atoms with Crippen LogP contribution in [0.1, 0.15) is 10.5 Å². The van der Waals surface area contributed by atoms with E-state index in [1.165, 1.54) is 11.3 Å². The third kappa shape index (κ3) is 4.32. The van der Waals surface area contributed by atoms with Crippen molar-refractivity contribution in [1.82, 2.24) is 15.0 Å². The maximum absolute atomic E-state index is 13.3. The second-order valence-electron chi connectivity index (χ2n) is 6.81. The molecule has 0 bridgehead atoms. The summed E-state index contributed by atoms with van der Waals surface area (Å²) in [6.07, 6.45) is 0. The van der Waals surface area contributed by atoms with Crippen molar-refractivity contribution in [2.75, 3.05) is 32.1 Å². The van der Waals surface area contributed by atoms with Crippen molar-refractivity contribution in [3.8, 4) is 11.3 Å². The molecule has 0 aliphatic rings. The first kappa shape index (κ1) is 19.6. The molecule has 6 nitrogen and oxygen atoms in total. The van der Waals surface area contributed by atoms with Crippen LogP contribution in [0.2, 0.25) is 5.02 Å². The molecule has 0 N–H and O–H groups in total. The maximum atomic E-state index is 13.3. The number of aromatic nitrogens is 2. The van der Waals surface area contributed by atoms with Crippen molar-refractivity contribution in [3.63, 3.8) is 0 Å². The van der Waals surface area contributed by atoms with Gasteiger partial charge in [0, 0.05) is 29.7 Å². The third-order valence-corrected chi connectivity index (χ3v) is 5.65. The SMILES string of the molecule is CN(C)CCN(C(=O)c1cc(-c2ccccc2)on1)c1nc2ccc(Cl)cc2s1. The van der Waals surface area contributed by atoms with E-state index in [0.717, 1.165) is 15.8 Å². The van der Waals surface area contributed by atoms with Crippen LogP contribution >= 0.6 is 22.9 Å².